The second-order valence-corrected chi connectivity index (χ2v) is 5.92. The van der Waals surface area contributed by atoms with E-state index in [0.29, 0.717) is 0 Å². The third-order valence-electron chi connectivity index (χ3n) is 4.34. The molecular weight excluding hydrogens is 325 g/mol. The number of halogens is 3. The molecule has 1 aliphatic rings. The molecule has 2 rings (SSSR count). The molecule has 1 saturated carbocycles. The summed E-state index contributed by atoms with van der Waals surface area (Å²) < 4.78 is 42.4. The van der Waals surface area contributed by atoms with Crippen molar-refractivity contribution in [3.8, 4) is 5.75 Å². The number of ether oxygens (including phenoxy) is 1. The number of carbonyl (C=O) groups is 1. The first-order chi connectivity index (χ1) is 11.4. The summed E-state index contributed by atoms with van der Waals surface area (Å²) in [6, 6.07) is 2.43. The summed E-state index contributed by atoms with van der Waals surface area (Å²) in [5.74, 6) is -0.706. The van der Waals surface area contributed by atoms with Gasteiger partial charge in [0.05, 0.1) is 5.69 Å². The Kier molecular flexibility index (Phi) is 6.30. The molecule has 1 aromatic carbocycles. The van der Waals surface area contributed by atoms with Gasteiger partial charge in [-0.15, -0.1) is 0 Å². The van der Waals surface area contributed by atoms with Gasteiger partial charge in [0.25, 0.3) is 0 Å². The number of nitrogens with one attached hydrogen (secondary N) is 1. The standard InChI is InChI=1S/C16H21F3N2O3/c1-21(12-5-2-10(9-22)3-6-12)16(23)20-13-8-11(17)4-7-14(13)24-15(18)19/h4,7-8,10,12,15,22H,2-3,5-6,9H2,1H3,(H,20,23). The first-order valence-electron chi connectivity index (χ1n) is 7.79. The van der Waals surface area contributed by atoms with Crippen molar-refractivity contribution in [2.24, 2.45) is 5.92 Å². The summed E-state index contributed by atoms with van der Waals surface area (Å²) in [6.07, 6.45) is 3.13. The fourth-order valence-electron chi connectivity index (χ4n) is 2.88. The van der Waals surface area contributed by atoms with Gasteiger partial charge in [0.15, 0.2) is 0 Å². The molecule has 0 saturated heterocycles. The zero-order valence-corrected chi connectivity index (χ0v) is 13.3. The van der Waals surface area contributed by atoms with Crippen LogP contribution in [0.5, 0.6) is 5.75 Å². The number of benzene rings is 1. The van der Waals surface area contributed by atoms with Crippen molar-refractivity contribution in [1.82, 2.24) is 4.90 Å². The van der Waals surface area contributed by atoms with Crippen LogP contribution in [0.2, 0.25) is 0 Å². The molecule has 1 fully saturated rings. The lowest BCUT2D eigenvalue weighted by Crippen LogP contribution is -2.42. The number of aliphatic hydroxyl groups excluding tert-OH is 1. The van der Waals surface area contributed by atoms with Crippen LogP contribution in [-0.2, 0) is 0 Å². The van der Waals surface area contributed by atoms with Gasteiger partial charge in [0, 0.05) is 25.8 Å². The molecule has 1 aliphatic carbocycles. The fourth-order valence-corrected chi connectivity index (χ4v) is 2.88. The predicted molar refractivity (Wildman–Crippen MR) is 82.6 cm³/mol. The van der Waals surface area contributed by atoms with Gasteiger partial charge in [-0.1, -0.05) is 0 Å². The summed E-state index contributed by atoms with van der Waals surface area (Å²) in [4.78, 5) is 13.8. The number of anilines is 1. The second kappa shape index (κ2) is 8.23. The highest BCUT2D eigenvalue weighted by Crippen LogP contribution is 2.29. The smallest absolute Gasteiger partial charge is 0.387 e. The van der Waals surface area contributed by atoms with Gasteiger partial charge < -0.3 is 20.1 Å². The van der Waals surface area contributed by atoms with E-state index < -0.39 is 18.5 Å². The van der Waals surface area contributed by atoms with Crippen LogP contribution in [0.1, 0.15) is 25.7 Å². The Morgan fingerprint density at radius 2 is 2.04 bits per heavy atom. The van der Waals surface area contributed by atoms with Crippen molar-refractivity contribution in [2.45, 2.75) is 38.3 Å². The molecule has 8 heteroatoms. The number of rotatable bonds is 5. The van der Waals surface area contributed by atoms with Crippen LogP contribution in [0.25, 0.3) is 0 Å². The molecule has 5 nitrogen and oxygen atoms in total. The number of nitrogens with zero attached hydrogens (tertiary/aromatic N) is 1. The Bertz CT molecular complexity index is 563. The quantitative estimate of drug-likeness (QED) is 0.858. The largest absolute Gasteiger partial charge is 0.433 e. The third kappa shape index (κ3) is 4.77. The molecule has 0 unspecified atom stereocenters. The molecule has 24 heavy (non-hydrogen) atoms. The van der Waals surface area contributed by atoms with Crippen molar-refractivity contribution in [3.05, 3.63) is 24.0 Å². The van der Waals surface area contributed by atoms with E-state index in [4.69, 9.17) is 5.11 Å². The fraction of sp³-hybridized carbons (Fsp3) is 0.562. The average molecular weight is 346 g/mol. The van der Waals surface area contributed by atoms with Crippen molar-refractivity contribution < 1.29 is 27.8 Å². The van der Waals surface area contributed by atoms with Gasteiger partial charge in [-0.05, 0) is 43.7 Å². The first-order valence-corrected chi connectivity index (χ1v) is 7.79. The highest BCUT2D eigenvalue weighted by molar-refractivity contribution is 5.91. The normalized spacial score (nSPS) is 20.8. The summed E-state index contributed by atoms with van der Waals surface area (Å²) >= 11 is 0. The molecule has 2 N–H and O–H groups in total. The van der Waals surface area contributed by atoms with Gasteiger partial charge in [0.2, 0.25) is 0 Å². The van der Waals surface area contributed by atoms with Crippen LogP contribution < -0.4 is 10.1 Å². The van der Waals surface area contributed by atoms with Crippen molar-refractivity contribution in [1.29, 1.82) is 0 Å². The SMILES string of the molecule is CN(C(=O)Nc1cc(F)ccc1OC(F)F)C1CCC(CO)CC1. The Morgan fingerprint density at radius 1 is 1.38 bits per heavy atom. The monoisotopic (exact) mass is 346 g/mol. The minimum Gasteiger partial charge on any atom is -0.433 e. The van der Waals surface area contributed by atoms with Crippen molar-refractivity contribution in [3.63, 3.8) is 0 Å². The number of hydrogen-bond acceptors (Lipinski definition) is 3. The highest BCUT2D eigenvalue weighted by atomic mass is 19.3. The Hall–Kier alpha value is -1.96. The predicted octanol–water partition coefficient (Wildman–Crippen LogP) is 3.44. The van der Waals surface area contributed by atoms with E-state index in [9.17, 15) is 18.0 Å². The zero-order chi connectivity index (χ0) is 17.7. The number of alkyl halides is 2. The number of aliphatic hydroxyl groups is 1. The van der Waals surface area contributed by atoms with Crippen LogP contribution in [-0.4, -0.2) is 42.3 Å². The van der Waals surface area contributed by atoms with E-state index in [-0.39, 0.29) is 30.0 Å². The molecule has 0 radical (unpaired) electrons. The van der Waals surface area contributed by atoms with E-state index in [1.807, 2.05) is 0 Å². The maximum atomic E-state index is 13.3. The number of urea groups is 1. The number of hydrogen-bond donors (Lipinski definition) is 2. The average Bonchev–Trinajstić information content (AvgIpc) is 2.56. The Morgan fingerprint density at radius 3 is 2.62 bits per heavy atom. The van der Waals surface area contributed by atoms with Gasteiger partial charge in [0.1, 0.15) is 11.6 Å². The molecule has 0 aliphatic heterocycles. The minimum atomic E-state index is -3.07. The van der Waals surface area contributed by atoms with Crippen LogP contribution >= 0.6 is 0 Å². The van der Waals surface area contributed by atoms with Crippen LogP contribution in [0.4, 0.5) is 23.7 Å². The van der Waals surface area contributed by atoms with Gasteiger partial charge >= 0.3 is 12.6 Å². The van der Waals surface area contributed by atoms with Crippen LogP contribution in [0, 0.1) is 11.7 Å². The van der Waals surface area contributed by atoms with E-state index >= 15 is 0 Å². The molecule has 2 amide bonds. The number of amides is 2. The van der Waals surface area contributed by atoms with Gasteiger partial charge in [-0.3, -0.25) is 0 Å². The molecule has 0 spiro atoms. The number of carbonyl (C=O) groups excluding carboxylic acids is 1. The summed E-state index contributed by atoms with van der Waals surface area (Å²) in [5, 5.41) is 11.6. The molecule has 0 heterocycles. The van der Waals surface area contributed by atoms with Crippen molar-refractivity contribution >= 4 is 11.7 Å². The molecule has 0 aromatic heterocycles. The molecule has 0 bridgehead atoms. The van der Waals surface area contributed by atoms with Gasteiger partial charge in [-0.2, -0.15) is 8.78 Å². The van der Waals surface area contributed by atoms with Crippen LogP contribution in [0.3, 0.4) is 0 Å². The lowest BCUT2D eigenvalue weighted by Gasteiger charge is -2.34. The molecular formula is C16H21F3N2O3. The maximum absolute atomic E-state index is 13.3. The maximum Gasteiger partial charge on any atom is 0.387 e. The lowest BCUT2D eigenvalue weighted by atomic mass is 9.86. The van der Waals surface area contributed by atoms with Crippen LogP contribution in [0.15, 0.2) is 18.2 Å². The highest BCUT2D eigenvalue weighted by Gasteiger charge is 2.26. The Labute approximate surface area is 138 Å². The van der Waals surface area contributed by atoms with E-state index in [0.717, 1.165) is 43.9 Å². The molecule has 1 aromatic rings. The summed E-state index contributed by atoms with van der Waals surface area (Å²) in [6.45, 7) is -2.93. The van der Waals surface area contributed by atoms with Crippen molar-refractivity contribution in [2.75, 3.05) is 19.0 Å². The van der Waals surface area contributed by atoms with E-state index in [2.05, 4.69) is 10.1 Å². The lowest BCUT2D eigenvalue weighted by molar-refractivity contribution is -0.0494. The molecule has 0 atom stereocenters. The van der Waals surface area contributed by atoms with E-state index in [1.54, 1.807) is 7.05 Å². The zero-order valence-electron chi connectivity index (χ0n) is 13.3. The minimum absolute atomic E-state index is 0.0131. The summed E-state index contributed by atoms with van der Waals surface area (Å²) in [7, 11) is 1.60. The van der Waals surface area contributed by atoms with E-state index in [1.165, 1.54) is 4.90 Å². The summed E-state index contributed by atoms with van der Waals surface area (Å²) in [5.41, 5.74) is -0.142. The second-order valence-electron chi connectivity index (χ2n) is 5.92. The first kappa shape index (κ1) is 18.4. The van der Waals surface area contributed by atoms with Gasteiger partial charge in [-0.25, -0.2) is 9.18 Å². The topological polar surface area (TPSA) is 61.8 Å². The molecule has 134 valence electrons. The third-order valence-corrected chi connectivity index (χ3v) is 4.34. The Balaban J connectivity index is 2.02.